The van der Waals surface area contributed by atoms with Gasteiger partial charge in [0.05, 0.1) is 18.9 Å². The summed E-state index contributed by atoms with van der Waals surface area (Å²) in [6, 6.07) is -2.46. The Morgan fingerprint density at radius 3 is 2.04 bits per heavy atom. The van der Waals surface area contributed by atoms with Crippen molar-refractivity contribution in [1.29, 1.82) is 0 Å². The first-order valence-corrected chi connectivity index (χ1v) is 7.03. The fourth-order valence-electron chi connectivity index (χ4n) is 2.27. The van der Waals surface area contributed by atoms with Crippen LogP contribution < -0.4 is 5.32 Å². The third kappa shape index (κ3) is 7.76. The number of alkyl halides is 6. The van der Waals surface area contributed by atoms with Gasteiger partial charge in [-0.05, 0) is 20.8 Å². The number of halogens is 6. The Balaban J connectivity index is 2.85. The minimum Gasteiger partial charge on any atom is -0.444 e. The molecule has 1 aliphatic rings. The Bertz CT molecular complexity index is 416. The predicted octanol–water partition coefficient (Wildman–Crippen LogP) is 3.47. The molecule has 1 saturated heterocycles. The van der Waals surface area contributed by atoms with Crippen molar-refractivity contribution in [1.82, 2.24) is 10.2 Å². The van der Waals surface area contributed by atoms with E-state index in [2.05, 4.69) is 5.32 Å². The summed E-state index contributed by atoms with van der Waals surface area (Å²) in [6.45, 7) is 3.71. The maximum atomic E-state index is 12.6. The van der Waals surface area contributed by atoms with E-state index in [1.54, 1.807) is 0 Å². The maximum Gasteiger partial charge on any atom is 0.410 e. The lowest BCUT2D eigenvalue weighted by atomic mass is 10.0. The summed E-state index contributed by atoms with van der Waals surface area (Å²) >= 11 is 0. The number of hydrogen-bond acceptors (Lipinski definition) is 3. The molecule has 136 valence electrons. The van der Waals surface area contributed by atoms with Gasteiger partial charge in [0, 0.05) is 19.1 Å². The highest BCUT2D eigenvalue weighted by Crippen LogP contribution is 2.29. The third-order valence-corrected chi connectivity index (χ3v) is 3.07. The van der Waals surface area contributed by atoms with Crippen molar-refractivity contribution >= 4 is 6.09 Å². The number of ether oxygens (including phenoxy) is 1. The zero-order valence-corrected chi connectivity index (χ0v) is 13.0. The molecular formula is C13H20F6N2O2. The van der Waals surface area contributed by atoms with Gasteiger partial charge in [0.1, 0.15) is 5.60 Å². The molecule has 1 rings (SSSR count). The molecule has 0 unspecified atom stereocenters. The Labute approximate surface area is 130 Å². The largest absolute Gasteiger partial charge is 0.444 e. The Morgan fingerprint density at radius 2 is 1.61 bits per heavy atom. The molecule has 0 aromatic carbocycles. The van der Waals surface area contributed by atoms with Gasteiger partial charge >= 0.3 is 18.4 Å². The number of carbonyl (C=O) groups excluding carboxylic acids is 1. The molecule has 2 atom stereocenters. The van der Waals surface area contributed by atoms with Gasteiger partial charge in [0.25, 0.3) is 0 Å². The van der Waals surface area contributed by atoms with E-state index in [1.807, 2.05) is 0 Å². The Hall–Kier alpha value is -1.19. The normalized spacial score (nSPS) is 23.8. The minimum absolute atomic E-state index is 0.375. The Morgan fingerprint density at radius 1 is 1.09 bits per heavy atom. The van der Waals surface area contributed by atoms with Crippen LogP contribution in [0.3, 0.4) is 0 Å². The standard InChI is InChI=1S/C13H20F6N2O2/c1-11(2,3)23-10(22)21-7-8(4-12(14,15)16)20-6-9(21)5-13(17,18)19/h8-9,20H,4-7H2,1-3H3/t8-,9+/m1/s1. The molecule has 4 nitrogen and oxygen atoms in total. The van der Waals surface area contributed by atoms with Gasteiger partial charge in [0.15, 0.2) is 0 Å². The van der Waals surface area contributed by atoms with Crippen molar-refractivity contribution in [2.45, 2.75) is 63.7 Å². The summed E-state index contributed by atoms with van der Waals surface area (Å²) < 4.78 is 80.2. The number of hydrogen-bond donors (Lipinski definition) is 1. The average Bonchev–Trinajstić information content (AvgIpc) is 2.24. The van der Waals surface area contributed by atoms with Crippen molar-refractivity contribution in [3.05, 3.63) is 0 Å². The van der Waals surface area contributed by atoms with Crippen molar-refractivity contribution in [3.8, 4) is 0 Å². The molecule has 0 aliphatic carbocycles. The smallest absolute Gasteiger partial charge is 0.410 e. The van der Waals surface area contributed by atoms with Crippen LogP contribution in [0.5, 0.6) is 0 Å². The highest BCUT2D eigenvalue weighted by molar-refractivity contribution is 5.68. The summed E-state index contributed by atoms with van der Waals surface area (Å²) in [7, 11) is 0. The van der Waals surface area contributed by atoms with E-state index in [9.17, 15) is 31.1 Å². The lowest BCUT2D eigenvalue weighted by molar-refractivity contribution is -0.156. The summed E-state index contributed by atoms with van der Waals surface area (Å²) in [5.74, 6) is 0. The molecule has 0 radical (unpaired) electrons. The number of rotatable bonds is 2. The van der Waals surface area contributed by atoms with Crippen molar-refractivity contribution in [2.75, 3.05) is 13.1 Å². The van der Waals surface area contributed by atoms with Gasteiger partial charge in [0.2, 0.25) is 0 Å². The second kappa shape index (κ2) is 6.74. The van der Waals surface area contributed by atoms with Gasteiger partial charge < -0.3 is 15.0 Å². The van der Waals surface area contributed by atoms with Gasteiger partial charge in [-0.3, -0.25) is 0 Å². The fourth-order valence-corrected chi connectivity index (χ4v) is 2.27. The van der Waals surface area contributed by atoms with Crippen LogP contribution in [0.4, 0.5) is 31.1 Å². The molecule has 0 aromatic heterocycles. The molecule has 0 saturated carbocycles. The van der Waals surface area contributed by atoms with Gasteiger partial charge in [-0.1, -0.05) is 0 Å². The van der Waals surface area contributed by atoms with Gasteiger partial charge in [-0.25, -0.2) is 4.79 Å². The lowest BCUT2D eigenvalue weighted by Crippen LogP contribution is -2.60. The fraction of sp³-hybridized carbons (Fsp3) is 0.923. The zero-order valence-electron chi connectivity index (χ0n) is 13.0. The maximum absolute atomic E-state index is 12.6. The van der Waals surface area contributed by atoms with Crippen LogP contribution in [-0.2, 0) is 4.74 Å². The molecule has 23 heavy (non-hydrogen) atoms. The summed E-state index contributed by atoms with van der Waals surface area (Å²) in [5, 5.41) is 2.43. The van der Waals surface area contributed by atoms with Crippen molar-refractivity contribution in [3.63, 3.8) is 0 Å². The first-order valence-electron chi connectivity index (χ1n) is 7.03. The quantitative estimate of drug-likeness (QED) is 0.776. The second-order valence-corrected chi connectivity index (χ2v) is 6.53. The van der Waals surface area contributed by atoms with Crippen LogP contribution in [0.2, 0.25) is 0 Å². The first-order chi connectivity index (χ1) is 10.2. The molecular weight excluding hydrogens is 330 g/mol. The van der Waals surface area contributed by atoms with Crippen LogP contribution in [0.25, 0.3) is 0 Å². The number of piperazine rings is 1. The van der Waals surface area contributed by atoms with Crippen LogP contribution >= 0.6 is 0 Å². The summed E-state index contributed by atoms with van der Waals surface area (Å²) in [6.07, 6.45) is -12.6. The third-order valence-electron chi connectivity index (χ3n) is 3.07. The van der Waals surface area contributed by atoms with Crippen LogP contribution in [0, 0.1) is 0 Å². The van der Waals surface area contributed by atoms with E-state index < -0.39 is 55.5 Å². The van der Waals surface area contributed by atoms with E-state index in [4.69, 9.17) is 4.74 Å². The zero-order chi connectivity index (χ0) is 18.1. The lowest BCUT2D eigenvalue weighted by Gasteiger charge is -2.41. The number of nitrogens with zero attached hydrogens (tertiary/aromatic N) is 1. The van der Waals surface area contributed by atoms with Crippen LogP contribution in [0.1, 0.15) is 33.6 Å². The minimum atomic E-state index is -4.54. The highest BCUT2D eigenvalue weighted by Gasteiger charge is 2.43. The van der Waals surface area contributed by atoms with Gasteiger partial charge in [-0.15, -0.1) is 0 Å². The predicted molar refractivity (Wildman–Crippen MR) is 69.9 cm³/mol. The SMILES string of the molecule is CC(C)(C)OC(=O)N1C[C@@H](CC(F)(F)F)NC[C@@H]1CC(F)(F)F. The molecule has 0 aromatic rings. The van der Waals surface area contributed by atoms with E-state index >= 15 is 0 Å². The molecule has 10 heteroatoms. The molecule has 0 bridgehead atoms. The van der Waals surface area contributed by atoms with Crippen molar-refractivity contribution < 1.29 is 35.9 Å². The van der Waals surface area contributed by atoms with Crippen molar-refractivity contribution in [2.24, 2.45) is 0 Å². The summed E-state index contributed by atoms with van der Waals surface area (Å²) in [5.41, 5.74) is -0.954. The van der Waals surface area contributed by atoms with Crippen LogP contribution in [-0.4, -0.2) is 54.1 Å². The molecule has 1 heterocycles. The molecule has 1 N–H and O–H groups in total. The van der Waals surface area contributed by atoms with E-state index in [-0.39, 0.29) is 6.54 Å². The summed E-state index contributed by atoms with van der Waals surface area (Å²) in [4.78, 5) is 12.8. The number of nitrogens with one attached hydrogen (secondary N) is 1. The molecule has 0 spiro atoms. The highest BCUT2D eigenvalue weighted by atomic mass is 19.4. The second-order valence-electron chi connectivity index (χ2n) is 6.53. The van der Waals surface area contributed by atoms with E-state index in [0.29, 0.717) is 0 Å². The van der Waals surface area contributed by atoms with E-state index in [0.717, 1.165) is 4.90 Å². The first kappa shape index (κ1) is 19.9. The number of carbonyl (C=O) groups is 1. The Kier molecular flexibility index (Phi) is 5.82. The van der Waals surface area contributed by atoms with E-state index in [1.165, 1.54) is 20.8 Å². The molecule has 1 amide bonds. The monoisotopic (exact) mass is 350 g/mol. The molecule has 1 fully saturated rings. The van der Waals surface area contributed by atoms with Gasteiger partial charge in [-0.2, -0.15) is 26.3 Å². The number of amides is 1. The average molecular weight is 350 g/mol. The van der Waals surface area contributed by atoms with Crippen LogP contribution in [0.15, 0.2) is 0 Å². The molecule has 1 aliphatic heterocycles. The topological polar surface area (TPSA) is 41.6 Å².